The second kappa shape index (κ2) is 4.61. The zero-order valence-electron chi connectivity index (χ0n) is 8.55. The molecule has 0 spiro atoms. The molecule has 1 aliphatic carbocycles. The number of amides is 1. The molecule has 13 heavy (non-hydrogen) atoms. The Bertz CT molecular complexity index is 174. The van der Waals surface area contributed by atoms with Crippen molar-refractivity contribution in [3.8, 4) is 0 Å². The predicted molar refractivity (Wildman–Crippen MR) is 53.2 cm³/mol. The third kappa shape index (κ3) is 2.99. The molecule has 1 fully saturated rings. The average Bonchev–Trinajstić information content (AvgIpc) is 2.95. The van der Waals surface area contributed by atoms with E-state index in [-0.39, 0.29) is 17.9 Å². The molecule has 1 amide bonds. The average molecular weight is 184 g/mol. The number of carbonyl (C=O) groups is 1. The van der Waals surface area contributed by atoms with Gasteiger partial charge in [-0.2, -0.15) is 0 Å². The zero-order chi connectivity index (χ0) is 9.84. The van der Waals surface area contributed by atoms with Gasteiger partial charge in [-0.3, -0.25) is 4.79 Å². The van der Waals surface area contributed by atoms with Crippen LogP contribution in [0.1, 0.15) is 33.1 Å². The third-order valence-electron chi connectivity index (χ3n) is 2.87. The summed E-state index contributed by atoms with van der Waals surface area (Å²) < 4.78 is 0. The summed E-state index contributed by atoms with van der Waals surface area (Å²) in [7, 11) is 0. The van der Waals surface area contributed by atoms with E-state index in [1.165, 1.54) is 12.8 Å². The van der Waals surface area contributed by atoms with E-state index in [1.807, 2.05) is 13.8 Å². The molecule has 0 heterocycles. The molecule has 0 aromatic rings. The molecule has 1 rings (SSSR count). The molecule has 1 saturated carbocycles. The van der Waals surface area contributed by atoms with Crippen LogP contribution < -0.4 is 11.1 Å². The van der Waals surface area contributed by atoms with Gasteiger partial charge in [-0.1, -0.05) is 13.8 Å². The summed E-state index contributed by atoms with van der Waals surface area (Å²) in [5.41, 5.74) is 5.51. The van der Waals surface area contributed by atoms with E-state index in [9.17, 15) is 4.79 Å². The van der Waals surface area contributed by atoms with E-state index in [4.69, 9.17) is 5.73 Å². The van der Waals surface area contributed by atoms with Crippen LogP contribution in [0.2, 0.25) is 0 Å². The molecular formula is C10H20N2O. The smallest absolute Gasteiger partial charge is 0.223 e. The van der Waals surface area contributed by atoms with Gasteiger partial charge in [-0.05, 0) is 25.2 Å². The lowest BCUT2D eigenvalue weighted by molar-refractivity contribution is -0.125. The quantitative estimate of drug-likeness (QED) is 0.666. The Kier molecular flexibility index (Phi) is 3.72. The molecule has 2 atom stereocenters. The normalized spacial score (nSPS) is 20.8. The minimum Gasteiger partial charge on any atom is -0.352 e. The minimum atomic E-state index is 0.161. The van der Waals surface area contributed by atoms with E-state index >= 15 is 0 Å². The van der Waals surface area contributed by atoms with Crippen LogP contribution in [-0.2, 0) is 4.79 Å². The molecule has 0 aromatic carbocycles. The van der Waals surface area contributed by atoms with Crippen molar-refractivity contribution in [2.24, 2.45) is 17.6 Å². The van der Waals surface area contributed by atoms with Crippen molar-refractivity contribution in [1.82, 2.24) is 5.32 Å². The monoisotopic (exact) mass is 184 g/mol. The second-order valence-electron chi connectivity index (χ2n) is 3.98. The maximum absolute atomic E-state index is 11.6. The summed E-state index contributed by atoms with van der Waals surface area (Å²) in [6.07, 6.45) is 3.35. The first kappa shape index (κ1) is 10.5. The van der Waals surface area contributed by atoms with Crippen molar-refractivity contribution in [1.29, 1.82) is 0 Å². The number of nitrogens with two attached hydrogens (primary N) is 1. The Morgan fingerprint density at radius 1 is 1.62 bits per heavy atom. The number of rotatable bonds is 5. The number of hydrogen-bond donors (Lipinski definition) is 2. The van der Waals surface area contributed by atoms with Gasteiger partial charge in [0.1, 0.15) is 0 Å². The van der Waals surface area contributed by atoms with Crippen molar-refractivity contribution in [2.75, 3.05) is 6.54 Å². The molecule has 3 heteroatoms. The van der Waals surface area contributed by atoms with E-state index in [1.54, 1.807) is 0 Å². The number of nitrogens with one attached hydrogen (secondary N) is 1. The van der Waals surface area contributed by atoms with Crippen LogP contribution in [-0.4, -0.2) is 18.5 Å². The van der Waals surface area contributed by atoms with Gasteiger partial charge >= 0.3 is 0 Å². The maximum atomic E-state index is 11.6. The third-order valence-corrected chi connectivity index (χ3v) is 2.87. The van der Waals surface area contributed by atoms with Crippen molar-refractivity contribution in [3.63, 3.8) is 0 Å². The lowest BCUT2D eigenvalue weighted by Gasteiger charge is -2.17. The Labute approximate surface area is 80.1 Å². The second-order valence-corrected chi connectivity index (χ2v) is 3.98. The zero-order valence-corrected chi connectivity index (χ0v) is 8.55. The first-order chi connectivity index (χ1) is 6.19. The van der Waals surface area contributed by atoms with Gasteiger partial charge in [0.05, 0.1) is 0 Å². The van der Waals surface area contributed by atoms with Gasteiger partial charge < -0.3 is 11.1 Å². The maximum Gasteiger partial charge on any atom is 0.223 e. The van der Waals surface area contributed by atoms with Crippen LogP contribution in [0.25, 0.3) is 0 Å². The minimum absolute atomic E-state index is 0.161. The molecule has 1 aliphatic rings. The molecule has 0 radical (unpaired) electrons. The van der Waals surface area contributed by atoms with E-state index in [0.717, 1.165) is 6.42 Å². The first-order valence-electron chi connectivity index (χ1n) is 5.19. The molecule has 76 valence electrons. The Balaban J connectivity index is 2.29. The van der Waals surface area contributed by atoms with Gasteiger partial charge in [-0.15, -0.1) is 0 Å². The van der Waals surface area contributed by atoms with Gasteiger partial charge in [0.2, 0.25) is 5.91 Å². The Hall–Kier alpha value is -0.570. The Morgan fingerprint density at radius 3 is 2.62 bits per heavy atom. The number of hydrogen-bond acceptors (Lipinski definition) is 2. The van der Waals surface area contributed by atoms with Crippen LogP contribution in [0, 0.1) is 11.8 Å². The Morgan fingerprint density at radius 2 is 2.23 bits per heavy atom. The molecule has 3 N–H and O–H groups in total. The van der Waals surface area contributed by atoms with Gasteiger partial charge in [0.15, 0.2) is 0 Å². The number of carbonyl (C=O) groups excluding carboxylic acids is 1. The van der Waals surface area contributed by atoms with Crippen LogP contribution in [0.5, 0.6) is 0 Å². The first-order valence-corrected chi connectivity index (χ1v) is 5.19. The van der Waals surface area contributed by atoms with Crippen molar-refractivity contribution in [2.45, 2.75) is 39.2 Å². The summed E-state index contributed by atoms with van der Waals surface area (Å²) in [5, 5.41) is 2.97. The van der Waals surface area contributed by atoms with E-state index in [2.05, 4.69) is 5.32 Å². The highest BCUT2D eigenvalue weighted by molar-refractivity contribution is 5.79. The van der Waals surface area contributed by atoms with Gasteiger partial charge in [0, 0.05) is 18.5 Å². The predicted octanol–water partition coefficient (Wildman–Crippen LogP) is 0.886. The fourth-order valence-corrected chi connectivity index (χ4v) is 1.47. The van der Waals surface area contributed by atoms with E-state index in [0.29, 0.717) is 12.5 Å². The largest absolute Gasteiger partial charge is 0.352 e. The summed E-state index contributed by atoms with van der Waals surface area (Å²) in [5.74, 6) is 0.996. The lowest BCUT2D eigenvalue weighted by atomic mass is 10.0. The molecule has 3 nitrogen and oxygen atoms in total. The van der Waals surface area contributed by atoms with Crippen LogP contribution in [0.3, 0.4) is 0 Å². The van der Waals surface area contributed by atoms with Crippen LogP contribution in [0.4, 0.5) is 0 Å². The van der Waals surface area contributed by atoms with Crippen molar-refractivity contribution < 1.29 is 4.79 Å². The van der Waals surface area contributed by atoms with Crippen molar-refractivity contribution >= 4 is 5.91 Å². The molecule has 2 unspecified atom stereocenters. The van der Waals surface area contributed by atoms with Crippen LogP contribution >= 0.6 is 0 Å². The van der Waals surface area contributed by atoms with Gasteiger partial charge in [-0.25, -0.2) is 0 Å². The SMILES string of the molecule is CCC(CN)NC(=O)C(C)C1CC1. The molecule has 0 saturated heterocycles. The molecular weight excluding hydrogens is 164 g/mol. The molecule has 0 aromatic heterocycles. The standard InChI is InChI=1S/C10H20N2O/c1-3-9(6-11)12-10(13)7(2)8-4-5-8/h7-9H,3-6,11H2,1-2H3,(H,12,13). The molecule has 0 aliphatic heterocycles. The molecule has 0 bridgehead atoms. The topological polar surface area (TPSA) is 55.1 Å². The van der Waals surface area contributed by atoms with Crippen LogP contribution in [0.15, 0.2) is 0 Å². The highest BCUT2D eigenvalue weighted by Crippen LogP contribution is 2.36. The summed E-state index contributed by atoms with van der Waals surface area (Å²) in [6.45, 7) is 4.59. The lowest BCUT2D eigenvalue weighted by Crippen LogP contribution is -2.42. The summed E-state index contributed by atoms with van der Waals surface area (Å²) >= 11 is 0. The fraction of sp³-hybridized carbons (Fsp3) is 0.900. The summed E-state index contributed by atoms with van der Waals surface area (Å²) in [4.78, 5) is 11.6. The summed E-state index contributed by atoms with van der Waals surface area (Å²) in [6, 6.07) is 0.161. The van der Waals surface area contributed by atoms with Gasteiger partial charge in [0.25, 0.3) is 0 Å². The van der Waals surface area contributed by atoms with E-state index < -0.39 is 0 Å². The fourth-order valence-electron chi connectivity index (χ4n) is 1.47. The highest BCUT2D eigenvalue weighted by atomic mass is 16.1. The van der Waals surface area contributed by atoms with Crippen molar-refractivity contribution in [3.05, 3.63) is 0 Å². The highest BCUT2D eigenvalue weighted by Gasteiger charge is 2.32.